The summed E-state index contributed by atoms with van der Waals surface area (Å²) >= 11 is 0. The zero-order chi connectivity index (χ0) is 9.26. The summed E-state index contributed by atoms with van der Waals surface area (Å²) in [5.74, 6) is 0.935. The average molecular weight is 182 g/mol. The standard InChI is InChI=1S/C11H22N2/c1-9(2)13-7-3-4-10-8-12-6-5-11(10)13/h9-12H,3-8H2,1-2H3/t10-,11+/m0/s1. The summed E-state index contributed by atoms with van der Waals surface area (Å²) in [6.45, 7) is 8.49. The van der Waals surface area contributed by atoms with E-state index in [2.05, 4.69) is 24.1 Å². The maximum absolute atomic E-state index is 3.52. The fourth-order valence-electron chi connectivity index (χ4n) is 2.98. The highest BCUT2D eigenvalue weighted by Gasteiger charge is 2.33. The van der Waals surface area contributed by atoms with Crippen molar-refractivity contribution in [2.45, 2.75) is 45.2 Å². The summed E-state index contributed by atoms with van der Waals surface area (Å²) in [4.78, 5) is 2.72. The monoisotopic (exact) mass is 182 g/mol. The summed E-state index contributed by atoms with van der Waals surface area (Å²) in [6.07, 6.45) is 4.21. The van der Waals surface area contributed by atoms with Gasteiger partial charge in [-0.3, -0.25) is 4.90 Å². The molecule has 1 N–H and O–H groups in total. The van der Waals surface area contributed by atoms with Gasteiger partial charge in [-0.1, -0.05) is 0 Å². The van der Waals surface area contributed by atoms with Gasteiger partial charge in [-0.2, -0.15) is 0 Å². The smallest absolute Gasteiger partial charge is 0.0150 e. The van der Waals surface area contributed by atoms with Crippen molar-refractivity contribution in [2.75, 3.05) is 19.6 Å². The van der Waals surface area contributed by atoms with Gasteiger partial charge in [0.1, 0.15) is 0 Å². The van der Waals surface area contributed by atoms with E-state index in [1.54, 1.807) is 0 Å². The van der Waals surface area contributed by atoms with Gasteiger partial charge in [0, 0.05) is 12.1 Å². The lowest BCUT2D eigenvalue weighted by atomic mass is 9.84. The van der Waals surface area contributed by atoms with Crippen LogP contribution < -0.4 is 5.32 Å². The van der Waals surface area contributed by atoms with Crippen LogP contribution in [-0.4, -0.2) is 36.6 Å². The SMILES string of the molecule is CC(C)N1CCC[C@H]2CNCC[C@H]21. The van der Waals surface area contributed by atoms with E-state index in [1.807, 2.05) is 0 Å². The molecule has 0 aliphatic carbocycles. The van der Waals surface area contributed by atoms with E-state index in [4.69, 9.17) is 0 Å². The molecule has 0 bridgehead atoms. The second kappa shape index (κ2) is 3.97. The van der Waals surface area contributed by atoms with E-state index in [0.29, 0.717) is 0 Å². The van der Waals surface area contributed by atoms with E-state index in [1.165, 1.54) is 38.9 Å². The zero-order valence-corrected chi connectivity index (χ0v) is 8.92. The van der Waals surface area contributed by atoms with Gasteiger partial charge in [-0.05, 0) is 58.7 Å². The Morgan fingerprint density at radius 3 is 2.92 bits per heavy atom. The van der Waals surface area contributed by atoms with Gasteiger partial charge in [0.15, 0.2) is 0 Å². The third-order valence-corrected chi connectivity index (χ3v) is 3.65. The number of nitrogens with one attached hydrogen (secondary N) is 1. The molecule has 13 heavy (non-hydrogen) atoms. The van der Waals surface area contributed by atoms with Crippen molar-refractivity contribution in [1.29, 1.82) is 0 Å². The molecule has 0 amide bonds. The molecule has 2 nitrogen and oxygen atoms in total. The molecule has 2 heterocycles. The van der Waals surface area contributed by atoms with E-state index in [9.17, 15) is 0 Å². The number of hydrogen-bond donors (Lipinski definition) is 1. The molecule has 2 saturated heterocycles. The number of nitrogens with zero attached hydrogens (tertiary/aromatic N) is 1. The Balaban J connectivity index is 2.02. The lowest BCUT2D eigenvalue weighted by Gasteiger charge is -2.46. The molecular formula is C11H22N2. The van der Waals surface area contributed by atoms with Crippen LogP contribution in [0.15, 0.2) is 0 Å². The van der Waals surface area contributed by atoms with E-state index < -0.39 is 0 Å². The topological polar surface area (TPSA) is 15.3 Å². The summed E-state index contributed by atoms with van der Waals surface area (Å²) in [7, 11) is 0. The van der Waals surface area contributed by atoms with Crippen LogP contribution in [0.2, 0.25) is 0 Å². The molecule has 0 aromatic carbocycles. The summed E-state index contributed by atoms with van der Waals surface area (Å²) < 4.78 is 0. The van der Waals surface area contributed by atoms with Gasteiger partial charge in [0.05, 0.1) is 0 Å². The van der Waals surface area contributed by atoms with Crippen LogP contribution in [0.25, 0.3) is 0 Å². The molecule has 2 aliphatic rings. The van der Waals surface area contributed by atoms with Crippen LogP contribution in [-0.2, 0) is 0 Å². The molecule has 2 heteroatoms. The first-order chi connectivity index (χ1) is 6.29. The fraction of sp³-hybridized carbons (Fsp3) is 1.00. The van der Waals surface area contributed by atoms with Crippen molar-refractivity contribution in [2.24, 2.45) is 5.92 Å². The summed E-state index contributed by atoms with van der Waals surface area (Å²) in [5, 5.41) is 3.52. The Morgan fingerprint density at radius 2 is 2.15 bits per heavy atom. The zero-order valence-electron chi connectivity index (χ0n) is 8.92. The second-order valence-electron chi connectivity index (χ2n) is 4.79. The van der Waals surface area contributed by atoms with E-state index >= 15 is 0 Å². The lowest BCUT2D eigenvalue weighted by molar-refractivity contribution is 0.0443. The number of hydrogen-bond acceptors (Lipinski definition) is 2. The van der Waals surface area contributed by atoms with Crippen LogP contribution in [0.5, 0.6) is 0 Å². The summed E-state index contributed by atoms with van der Waals surface area (Å²) in [6, 6.07) is 1.63. The maximum atomic E-state index is 3.52. The van der Waals surface area contributed by atoms with Gasteiger partial charge < -0.3 is 5.32 Å². The molecule has 2 atom stereocenters. The molecule has 2 rings (SSSR count). The largest absolute Gasteiger partial charge is 0.316 e. The van der Waals surface area contributed by atoms with Gasteiger partial charge in [0.25, 0.3) is 0 Å². The fourth-order valence-corrected chi connectivity index (χ4v) is 2.98. The summed E-state index contributed by atoms with van der Waals surface area (Å²) in [5.41, 5.74) is 0. The minimum absolute atomic E-state index is 0.742. The third-order valence-electron chi connectivity index (χ3n) is 3.65. The van der Waals surface area contributed by atoms with Crippen LogP contribution in [0.1, 0.15) is 33.1 Å². The molecular weight excluding hydrogens is 160 g/mol. The number of rotatable bonds is 1. The van der Waals surface area contributed by atoms with Gasteiger partial charge in [0.2, 0.25) is 0 Å². The van der Waals surface area contributed by atoms with Gasteiger partial charge in [-0.25, -0.2) is 0 Å². The second-order valence-corrected chi connectivity index (χ2v) is 4.79. The lowest BCUT2D eigenvalue weighted by Crippen LogP contribution is -2.54. The first-order valence-corrected chi connectivity index (χ1v) is 5.75. The minimum Gasteiger partial charge on any atom is -0.316 e. The van der Waals surface area contributed by atoms with Crippen LogP contribution >= 0.6 is 0 Å². The molecule has 0 saturated carbocycles. The number of piperidine rings is 2. The highest BCUT2D eigenvalue weighted by atomic mass is 15.2. The minimum atomic E-state index is 0.742. The van der Waals surface area contributed by atoms with Crippen molar-refractivity contribution >= 4 is 0 Å². The van der Waals surface area contributed by atoms with Crippen LogP contribution in [0.4, 0.5) is 0 Å². The van der Waals surface area contributed by atoms with Crippen LogP contribution in [0, 0.1) is 5.92 Å². The molecule has 0 aromatic rings. The first-order valence-electron chi connectivity index (χ1n) is 5.75. The van der Waals surface area contributed by atoms with Crippen molar-refractivity contribution in [3.05, 3.63) is 0 Å². The van der Waals surface area contributed by atoms with Crippen molar-refractivity contribution in [3.8, 4) is 0 Å². The predicted molar refractivity (Wildman–Crippen MR) is 55.8 cm³/mol. The molecule has 0 radical (unpaired) electrons. The quantitative estimate of drug-likeness (QED) is 0.660. The number of likely N-dealkylation sites (tertiary alicyclic amines) is 1. The van der Waals surface area contributed by atoms with Gasteiger partial charge >= 0.3 is 0 Å². The molecule has 0 unspecified atom stereocenters. The highest BCUT2D eigenvalue weighted by molar-refractivity contribution is 4.90. The van der Waals surface area contributed by atoms with E-state index in [-0.39, 0.29) is 0 Å². The first kappa shape index (κ1) is 9.47. The average Bonchev–Trinajstić information content (AvgIpc) is 2.17. The van der Waals surface area contributed by atoms with Crippen molar-refractivity contribution in [1.82, 2.24) is 10.2 Å². The Bertz CT molecular complexity index is 165. The van der Waals surface area contributed by atoms with Crippen molar-refractivity contribution in [3.63, 3.8) is 0 Å². The van der Waals surface area contributed by atoms with Gasteiger partial charge in [-0.15, -0.1) is 0 Å². The molecule has 2 fully saturated rings. The van der Waals surface area contributed by atoms with E-state index in [0.717, 1.165) is 18.0 Å². The Kier molecular flexibility index (Phi) is 2.89. The maximum Gasteiger partial charge on any atom is 0.0150 e. The molecule has 0 spiro atoms. The molecule has 2 aliphatic heterocycles. The van der Waals surface area contributed by atoms with Crippen molar-refractivity contribution < 1.29 is 0 Å². The Morgan fingerprint density at radius 1 is 1.31 bits per heavy atom. The molecule has 0 aromatic heterocycles. The Hall–Kier alpha value is -0.0800. The highest BCUT2D eigenvalue weighted by Crippen LogP contribution is 2.28. The Labute approximate surface area is 81.7 Å². The third kappa shape index (κ3) is 1.89. The normalized spacial score (nSPS) is 36.2. The molecule has 76 valence electrons. The number of fused-ring (bicyclic) bond motifs is 1. The predicted octanol–water partition coefficient (Wildman–Crippen LogP) is 1.47. The van der Waals surface area contributed by atoms with Crippen LogP contribution in [0.3, 0.4) is 0 Å².